The van der Waals surface area contributed by atoms with Gasteiger partial charge in [0.2, 0.25) is 0 Å². The molecule has 0 amide bonds. The van der Waals surface area contributed by atoms with Gasteiger partial charge in [0.25, 0.3) is 0 Å². The first-order valence-corrected chi connectivity index (χ1v) is 6.77. The van der Waals surface area contributed by atoms with Crippen molar-refractivity contribution >= 4 is 5.97 Å². The molecule has 112 valence electrons. The number of rotatable bonds is 9. The summed E-state index contributed by atoms with van der Waals surface area (Å²) in [6, 6.07) is 5.35. The Labute approximate surface area is 119 Å². The summed E-state index contributed by atoms with van der Waals surface area (Å²) >= 11 is 0. The van der Waals surface area contributed by atoms with Gasteiger partial charge >= 0.3 is 5.97 Å². The van der Waals surface area contributed by atoms with E-state index in [2.05, 4.69) is 4.74 Å². The van der Waals surface area contributed by atoms with E-state index in [1.807, 2.05) is 13.0 Å². The highest BCUT2D eigenvalue weighted by Crippen LogP contribution is 2.25. The summed E-state index contributed by atoms with van der Waals surface area (Å²) in [6.07, 6.45) is 1.81. The third-order valence-corrected chi connectivity index (χ3v) is 2.69. The van der Waals surface area contributed by atoms with Crippen molar-refractivity contribution in [3.63, 3.8) is 0 Å². The lowest BCUT2D eigenvalue weighted by Gasteiger charge is -2.12. The molecule has 20 heavy (non-hydrogen) atoms. The summed E-state index contributed by atoms with van der Waals surface area (Å²) in [4.78, 5) is 11.0. The second kappa shape index (κ2) is 9.20. The van der Waals surface area contributed by atoms with Gasteiger partial charge < -0.3 is 19.3 Å². The molecule has 0 radical (unpaired) electrons. The second-order valence-corrected chi connectivity index (χ2v) is 4.30. The molecule has 0 aromatic heterocycles. The van der Waals surface area contributed by atoms with Crippen molar-refractivity contribution in [2.45, 2.75) is 32.8 Å². The van der Waals surface area contributed by atoms with Gasteiger partial charge in [-0.25, -0.2) is 0 Å². The summed E-state index contributed by atoms with van der Waals surface area (Å²) in [7, 11) is 1.36. The Balaban J connectivity index is 2.54. The first kappa shape index (κ1) is 16.3. The molecule has 0 saturated carbocycles. The summed E-state index contributed by atoms with van der Waals surface area (Å²) < 4.78 is 15.7. The molecular weight excluding hydrogens is 260 g/mol. The third-order valence-electron chi connectivity index (χ3n) is 2.69. The maximum absolute atomic E-state index is 11.0. The number of aliphatic hydroxyl groups excluding tert-OH is 1. The minimum absolute atomic E-state index is 0.0968. The smallest absolute Gasteiger partial charge is 0.305 e. The van der Waals surface area contributed by atoms with E-state index in [-0.39, 0.29) is 12.6 Å². The fraction of sp³-hybridized carbons (Fsp3) is 0.533. The molecule has 0 aliphatic heterocycles. The van der Waals surface area contributed by atoms with Crippen molar-refractivity contribution in [3.8, 4) is 11.5 Å². The molecule has 5 heteroatoms. The molecule has 0 spiro atoms. The van der Waals surface area contributed by atoms with Crippen LogP contribution in [0.1, 0.15) is 31.7 Å². The zero-order valence-corrected chi connectivity index (χ0v) is 12.1. The van der Waals surface area contributed by atoms with Crippen LogP contribution in [0.2, 0.25) is 0 Å². The van der Waals surface area contributed by atoms with Gasteiger partial charge in [-0.1, -0.05) is 6.92 Å². The molecule has 0 bridgehead atoms. The predicted octanol–water partition coefficient (Wildman–Crippen LogP) is 2.30. The van der Waals surface area contributed by atoms with Gasteiger partial charge in [-0.3, -0.25) is 4.79 Å². The van der Waals surface area contributed by atoms with Crippen molar-refractivity contribution in [2.75, 3.05) is 20.3 Å². The minimum Gasteiger partial charge on any atom is -0.493 e. The van der Waals surface area contributed by atoms with E-state index in [1.54, 1.807) is 12.1 Å². The maximum atomic E-state index is 11.0. The van der Waals surface area contributed by atoms with E-state index in [0.29, 0.717) is 43.1 Å². The molecule has 1 N–H and O–H groups in total. The molecule has 0 unspecified atom stereocenters. The van der Waals surface area contributed by atoms with E-state index >= 15 is 0 Å². The molecule has 0 fully saturated rings. The van der Waals surface area contributed by atoms with Crippen LogP contribution in [0.5, 0.6) is 11.5 Å². The summed E-state index contributed by atoms with van der Waals surface area (Å²) in [5.74, 6) is 1.05. The van der Waals surface area contributed by atoms with E-state index in [1.165, 1.54) is 7.11 Å². The quantitative estimate of drug-likeness (QED) is 0.556. The SMILES string of the molecule is CCCOc1ccc(CO)c(OCCCC(=O)OC)c1. The van der Waals surface area contributed by atoms with Crippen LogP contribution in [0.25, 0.3) is 0 Å². The van der Waals surface area contributed by atoms with E-state index < -0.39 is 0 Å². The first-order chi connectivity index (χ1) is 9.71. The highest BCUT2D eigenvalue weighted by atomic mass is 16.5. The third kappa shape index (κ3) is 5.48. The molecule has 1 aromatic carbocycles. The number of methoxy groups -OCH3 is 1. The standard InChI is InChI=1S/C15H22O5/c1-3-8-19-13-7-6-12(11-16)14(10-13)20-9-4-5-15(17)18-2/h6-7,10,16H,3-5,8-9,11H2,1-2H3. The van der Waals surface area contributed by atoms with Crippen molar-refractivity contribution in [2.24, 2.45) is 0 Å². The summed E-state index contributed by atoms with van der Waals surface area (Å²) in [5.41, 5.74) is 0.701. The van der Waals surface area contributed by atoms with Crippen molar-refractivity contribution in [1.82, 2.24) is 0 Å². The molecular formula is C15H22O5. The Hall–Kier alpha value is -1.75. The van der Waals surface area contributed by atoms with Crippen molar-refractivity contribution in [1.29, 1.82) is 0 Å². The normalized spacial score (nSPS) is 10.2. The molecule has 0 saturated heterocycles. The average Bonchev–Trinajstić information content (AvgIpc) is 2.49. The highest BCUT2D eigenvalue weighted by Gasteiger charge is 2.06. The second-order valence-electron chi connectivity index (χ2n) is 4.30. The van der Waals surface area contributed by atoms with Gasteiger partial charge in [0.15, 0.2) is 0 Å². The molecule has 5 nitrogen and oxygen atoms in total. The summed E-state index contributed by atoms with van der Waals surface area (Å²) in [5, 5.41) is 9.27. The van der Waals surface area contributed by atoms with Crippen LogP contribution >= 0.6 is 0 Å². The van der Waals surface area contributed by atoms with Gasteiger partial charge in [-0.15, -0.1) is 0 Å². The topological polar surface area (TPSA) is 65.0 Å². The van der Waals surface area contributed by atoms with Gasteiger partial charge in [0.05, 0.1) is 26.9 Å². The van der Waals surface area contributed by atoms with E-state index in [4.69, 9.17) is 9.47 Å². The largest absolute Gasteiger partial charge is 0.493 e. The van der Waals surface area contributed by atoms with Crippen LogP contribution in [-0.2, 0) is 16.1 Å². The number of carbonyl (C=O) groups excluding carboxylic acids is 1. The van der Waals surface area contributed by atoms with Crippen LogP contribution in [0.3, 0.4) is 0 Å². The minimum atomic E-state index is -0.254. The van der Waals surface area contributed by atoms with Crippen LogP contribution in [0.4, 0.5) is 0 Å². The molecule has 1 aromatic rings. The lowest BCUT2D eigenvalue weighted by molar-refractivity contribution is -0.140. The number of aliphatic hydroxyl groups is 1. The van der Waals surface area contributed by atoms with E-state index in [9.17, 15) is 9.90 Å². The van der Waals surface area contributed by atoms with Gasteiger partial charge in [-0.2, -0.15) is 0 Å². The van der Waals surface area contributed by atoms with Crippen LogP contribution in [-0.4, -0.2) is 31.4 Å². The molecule has 0 atom stereocenters. The number of ether oxygens (including phenoxy) is 3. The lowest BCUT2D eigenvalue weighted by Crippen LogP contribution is -2.06. The first-order valence-electron chi connectivity index (χ1n) is 6.77. The average molecular weight is 282 g/mol. The molecule has 0 aliphatic carbocycles. The Kier molecular flexibility index (Phi) is 7.50. The Morgan fingerprint density at radius 1 is 1.25 bits per heavy atom. The Morgan fingerprint density at radius 3 is 2.70 bits per heavy atom. The number of carbonyl (C=O) groups is 1. The van der Waals surface area contributed by atoms with Gasteiger partial charge in [0.1, 0.15) is 11.5 Å². The Morgan fingerprint density at radius 2 is 2.05 bits per heavy atom. The number of hydrogen-bond donors (Lipinski definition) is 1. The van der Waals surface area contributed by atoms with Crippen molar-refractivity contribution < 1.29 is 24.1 Å². The lowest BCUT2D eigenvalue weighted by atomic mass is 10.2. The van der Waals surface area contributed by atoms with Gasteiger partial charge in [0, 0.05) is 18.1 Å². The van der Waals surface area contributed by atoms with Crippen molar-refractivity contribution in [3.05, 3.63) is 23.8 Å². The maximum Gasteiger partial charge on any atom is 0.305 e. The van der Waals surface area contributed by atoms with Crippen LogP contribution in [0, 0.1) is 0 Å². The fourth-order valence-electron chi connectivity index (χ4n) is 1.61. The zero-order chi connectivity index (χ0) is 14.8. The highest BCUT2D eigenvalue weighted by molar-refractivity contribution is 5.69. The number of hydrogen-bond acceptors (Lipinski definition) is 5. The predicted molar refractivity (Wildman–Crippen MR) is 74.9 cm³/mol. The fourth-order valence-corrected chi connectivity index (χ4v) is 1.61. The number of benzene rings is 1. The number of esters is 1. The zero-order valence-electron chi connectivity index (χ0n) is 12.1. The molecule has 0 heterocycles. The van der Waals surface area contributed by atoms with Crippen LogP contribution in [0.15, 0.2) is 18.2 Å². The van der Waals surface area contributed by atoms with Crippen LogP contribution < -0.4 is 9.47 Å². The monoisotopic (exact) mass is 282 g/mol. The summed E-state index contributed by atoms with van der Waals surface area (Å²) in [6.45, 7) is 2.96. The Bertz CT molecular complexity index is 417. The van der Waals surface area contributed by atoms with E-state index in [0.717, 1.165) is 6.42 Å². The molecule has 1 rings (SSSR count). The molecule has 0 aliphatic rings. The van der Waals surface area contributed by atoms with Gasteiger partial charge in [-0.05, 0) is 25.0 Å².